The van der Waals surface area contributed by atoms with Gasteiger partial charge < -0.3 is 24.0 Å². The Labute approximate surface area is 231 Å². The number of amides is 1. The number of hydrogen-bond donors (Lipinski definition) is 0. The normalized spacial score (nSPS) is 22.8. The van der Waals surface area contributed by atoms with Crippen molar-refractivity contribution >= 4 is 11.6 Å². The van der Waals surface area contributed by atoms with E-state index in [2.05, 4.69) is 46.2 Å². The van der Waals surface area contributed by atoms with E-state index in [1.165, 1.54) is 48.9 Å². The number of methoxy groups -OCH3 is 3. The smallest absolute Gasteiger partial charge is 0.229 e. The lowest BCUT2D eigenvalue weighted by molar-refractivity contribution is -0.132. The molecule has 0 unspecified atom stereocenters. The molecule has 1 aliphatic carbocycles. The Bertz CT molecular complexity index is 1320. The van der Waals surface area contributed by atoms with E-state index in [0.29, 0.717) is 19.1 Å². The first-order valence-corrected chi connectivity index (χ1v) is 14.1. The third kappa shape index (κ3) is 4.60. The van der Waals surface area contributed by atoms with Gasteiger partial charge in [0.15, 0.2) is 0 Å². The summed E-state index contributed by atoms with van der Waals surface area (Å²) < 4.78 is 16.5. The lowest BCUT2D eigenvalue weighted by Crippen LogP contribution is -2.53. The molecular formula is C33H38N2O4. The van der Waals surface area contributed by atoms with Crippen molar-refractivity contribution in [3.05, 3.63) is 83.4 Å². The highest BCUT2D eigenvalue weighted by Gasteiger charge is 2.53. The fraction of sp³-hybridized carbons (Fsp3) is 0.424. The van der Waals surface area contributed by atoms with Crippen molar-refractivity contribution < 1.29 is 19.0 Å². The number of benzene rings is 3. The van der Waals surface area contributed by atoms with Crippen LogP contribution in [0.15, 0.2) is 66.7 Å². The molecule has 2 heterocycles. The number of likely N-dealkylation sites (tertiary alicyclic amines) is 1. The first-order chi connectivity index (χ1) is 19.1. The van der Waals surface area contributed by atoms with Crippen molar-refractivity contribution in [1.82, 2.24) is 4.90 Å². The van der Waals surface area contributed by atoms with Crippen LogP contribution >= 0.6 is 0 Å². The Hall–Kier alpha value is -3.67. The van der Waals surface area contributed by atoms with Crippen LogP contribution in [0.5, 0.6) is 17.2 Å². The summed E-state index contributed by atoms with van der Waals surface area (Å²) in [6.45, 7) is 1.22. The van der Waals surface area contributed by atoms with E-state index < -0.39 is 0 Å². The summed E-state index contributed by atoms with van der Waals surface area (Å²) in [6, 6.07) is 23.5. The fourth-order valence-corrected chi connectivity index (χ4v) is 7.14. The SMILES string of the molecule is COc1ccc([C@@H]2c3ccccc3N(C3CCCCC3)[C@@H]3CN(Cc4ccc(OC)cc4OC)C(=O)[C@H]23)cc1. The van der Waals surface area contributed by atoms with Gasteiger partial charge in [-0.3, -0.25) is 4.79 Å². The average molecular weight is 527 g/mol. The second-order valence-electron chi connectivity index (χ2n) is 11.0. The predicted octanol–water partition coefficient (Wildman–Crippen LogP) is 6.02. The summed E-state index contributed by atoms with van der Waals surface area (Å²) >= 11 is 0. The van der Waals surface area contributed by atoms with Crippen LogP contribution in [0.3, 0.4) is 0 Å². The Kier molecular flexibility index (Phi) is 7.11. The largest absolute Gasteiger partial charge is 0.497 e. The molecule has 0 radical (unpaired) electrons. The lowest BCUT2D eigenvalue weighted by atomic mass is 9.72. The number of fused-ring (bicyclic) bond motifs is 2. The standard InChI is InChI=1S/C33H38N2O4/c1-37-25-16-13-22(14-17-25)31-27-11-7-8-12-28(27)35(24-9-5-4-6-10-24)29-21-34(33(36)32(29)31)20-23-15-18-26(38-2)19-30(23)39-3/h7-8,11-19,24,29,31-32H,4-6,9-10,20-21H2,1-3H3/t29-,31-,32+/m1/s1. The van der Waals surface area contributed by atoms with Gasteiger partial charge in [-0.15, -0.1) is 0 Å². The van der Waals surface area contributed by atoms with Gasteiger partial charge in [-0.1, -0.05) is 49.6 Å². The molecule has 6 rings (SSSR count). The maximum atomic E-state index is 14.4. The minimum absolute atomic E-state index is 0.00721. The Balaban J connectivity index is 1.42. The van der Waals surface area contributed by atoms with Gasteiger partial charge in [0.25, 0.3) is 0 Å². The number of rotatable bonds is 7. The molecule has 3 aliphatic rings. The number of nitrogens with zero attached hydrogens (tertiary/aromatic N) is 2. The maximum absolute atomic E-state index is 14.4. The molecule has 2 fully saturated rings. The van der Waals surface area contributed by atoms with E-state index in [9.17, 15) is 4.79 Å². The summed E-state index contributed by atoms with van der Waals surface area (Å²) in [7, 11) is 5.01. The quantitative estimate of drug-likeness (QED) is 0.377. The second kappa shape index (κ2) is 10.8. The molecule has 0 aromatic heterocycles. The van der Waals surface area contributed by atoms with Gasteiger partial charge in [0.05, 0.1) is 33.3 Å². The number of para-hydroxylation sites is 1. The molecule has 0 N–H and O–H groups in total. The lowest BCUT2D eigenvalue weighted by Gasteiger charge is -2.48. The van der Waals surface area contributed by atoms with E-state index in [1.54, 1.807) is 21.3 Å². The molecule has 3 atom stereocenters. The van der Waals surface area contributed by atoms with Gasteiger partial charge in [-0.2, -0.15) is 0 Å². The van der Waals surface area contributed by atoms with Crippen LogP contribution in [0.25, 0.3) is 0 Å². The number of ether oxygens (including phenoxy) is 3. The summed E-state index contributed by atoms with van der Waals surface area (Å²) in [4.78, 5) is 19.1. The zero-order valence-corrected chi connectivity index (χ0v) is 23.1. The minimum atomic E-state index is -0.153. The van der Waals surface area contributed by atoms with Gasteiger partial charge in [-0.25, -0.2) is 0 Å². The van der Waals surface area contributed by atoms with Crippen LogP contribution in [-0.2, 0) is 11.3 Å². The van der Waals surface area contributed by atoms with E-state index in [-0.39, 0.29) is 23.8 Å². The first-order valence-electron chi connectivity index (χ1n) is 14.1. The number of hydrogen-bond acceptors (Lipinski definition) is 5. The van der Waals surface area contributed by atoms with Crippen LogP contribution < -0.4 is 19.1 Å². The van der Waals surface area contributed by atoms with E-state index in [4.69, 9.17) is 14.2 Å². The molecule has 1 amide bonds. The predicted molar refractivity (Wildman–Crippen MR) is 153 cm³/mol. The molecule has 0 bridgehead atoms. The molecule has 6 heteroatoms. The third-order valence-corrected chi connectivity index (χ3v) is 8.98. The summed E-state index contributed by atoms with van der Waals surface area (Å²) in [5, 5.41) is 0. The zero-order valence-electron chi connectivity index (χ0n) is 23.1. The van der Waals surface area contributed by atoms with E-state index >= 15 is 0 Å². The highest BCUT2D eigenvalue weighted by atomic mass is 16.5. The van der Waals surface area contributed by atoms with Crippen molar-refractivity contribution in [2.75, 3.05) is 32.8 Å². The third-order valence-electron chi connectivity index (χ3n) is 8.98. The topological polar surface area (TPSA) is 51.2 Å². The fourth-order valence-electron chi connectivity index (χ4n) is 7.14. The molecule has 2 aliphatic heterocycles. The zero-order chi connectivity index (χ0) is 26.9. The molecule has 204 valence electrons. The highest BCUT2D eigenvalue weighted by Crippen LogP contribution is 2.51. The number of carbonyl (C=O) groups is 1. The Morgan fingerprint density at radius 2 is 1.54 bits per heavy atom. The molecule has 1 saturated carbocycles. The van der Waals surface area contributed by atoms with Crippen molar-refractivity contribution in [1.29, 1.82) is 0 Å². The molecule has 0 spiro atoms. The van der Waals surface area contributed by atoms with Gasteiger partial charge >= 0.3 is 0 Å². The van der Waals surface area contributed by atoms with Gasteiger partial charge in [-0.05, 0) is 54.3 Å². The summed E-state index contributed by atoms with van der Waals surface area (Å²) in [5.41, 5.74) is 4.71. The summed E-state index contributed by atoms with van der Waals surface area (Å²) in [5.74, 6) is 2.38. The van der Waals surface area contributed by atoms with Crippen LogP contribution in [0.2, 0.25) is 0 Å². The van der Waals surface area contributed by atoms with Crippen molar-refractivity contribution in [3.63, 3.8) is 0 Å². The van der Waals surface area contributed by atoms with Crippen molar-refractivity contribution in [3.8, 4) is 17.2 Å². The second-order valence-corrected chi connectivity index (χ2v) is 11.0. The van der Waals surface area contributed by atoms with Crippen molar-refractivity contribution in [2.45, 2.75) is 56.7 Å². The first kappa shape index (κ1) is 25.6. The molecule has 39 heavy (non-hydrogen) atoms. The number of anilines is 1. The minimum Gasteiger partial charge on any atom is -0.497 e. The molecule has 1 saturated heterocycles. The molecular weight excluding hydrogens is 488 g/mol. The van der Waals surface area contributed by atoms with E-state index in [0.717, 1.165) is 22.8 Å². The maximum Gasteiger partial charge on any atom is 0.229 e. The average Bonchev–Trinajstić information content (AvgIpc) is 3.31. The van der Waals surface area contributed by atoms with Gasteiger partial charge in [0, 0.05) is 42.4 Å². The molecule has 6 nitrogen and oxygen atoms in total. The van der Waals surface area contributed by atoms with Crippen LogP contribution in [0.4, 0.5) is 5.69 Å². The van der Waals surface area contributed by atoms with Crippen LogP contribution in [0.1, 0.15) is 54.7 Å². The van der Waals surface area contributed by atoms with Crippen molar-refractivity contribution in [2.24, 2.45) is 5.92 Å². The Morgan fingerprint density at radius 3 is 2.26 bits per heavy atom. The molecule has 3 aromatic rings. The highest BCUT2D eigenvalue weighted by molar-refractivity contribution is 5.87. The monoisotopic (exact) mass is 526 g/mol. The molecule has 3 aromatic carbocycles. The van der Waals surface area contributed by atoms with Gasteiger partial charge in [0.1, 0.15) is 17.2 Å². The van der Waals surface area contributed by atoms with Crippen LogP contribution in [0, 0.1) is 5.92 Å². The van der Waals surface area contributed by atoms with Crippen LogP contribution in [-0.4, -0.2) is 50.8 Å². The summed E-state index contributed by atoms with van der Waals surface area (Å²) in [6.07, 6.45) is 6.18. The van der Waals surface area contributed by atoms with Gasteiger partial charge in [0.2, 0.25) is 5.91 Å². The van der Waals surface area contributed by atoms with E-state index in [1.807, 2.05) is 30.3 Å². The Morgan fingerprint density at radius 1 is 0.821 bits per heavy atom. The number of carbonyl (C=O) groups excluding carboxylic acids is 1.